The maximum atomic E-state index is 13.3. The zero-order chi connectivity index (χ0) is 18.9. The van der Waals surface area contributed by atoms with Crippen LogP contribution >= 0.6 is 0 Å². The summed E-state index contributed by atoms with van der Waals surface area (Å²) in [6, 6.07) is 0. The predicted molar refractivity (Wildman–Crippen MR) is 90.7 cm³/mol. The topological polar surface area (TPSA) is 107 Å². The fraction of sp³-hybridized carbons (Fsp3) is 0.850. The first-order valence-corrected chi connectivity index (χ1v) is 9.71. The maximum Gasteiger partial charge on any atom is 0.208 e. The van der Waals surface area contributed by atoms with Crippen molar-refractivity contribution in [3.05, 3.63) is 12.2 Å². The second kappa shape index (κ2) is 4.61. The van der Waals surface area contributed by atoms with E-state index in [0.29, 0.717) is 24.8 Å². The number of aliphatic hydroxyl groups excluding tert-OH is 3. The Bertz CT molecular complexity index is 717. The monoisotopic (exact) mass is 364 g/mol. The van der Waals surface area contributed by atoms with Gasteiger partial charge in [0.05, 0.1) is 18.8 Å². The highest BCUT2D eigenvalue weighted by Crippen LogP contribution is 2.76. The summed E-state index contributed by atoms with van der Waals surface area (Å²) in [6.45, 7) is 8.07. The molecule has 6 rings (SSSR count). The Morgan fingerprint density at radius 2 is 1.81 bits per heavy atom. The van der Waals surface area contributed by atoms with Gasteiger partial charge in [-0.15, -0.1) is 0 Å². The van der Waals surface area contributed by atoms with Gasteiger partial charge in [-0.3, -0.25) is 4.79 Å². The fourth-order valence-corrected chi connectivity index (χ4v) is 7.90. The molecule has 9 atom stereocenters. The molecule has 0 aromatic heterocycles. The van der Waals surface area contributed by atoms with Crippen molar-refractivity contribution in [1.29, 1.82) is 0 Å². The van der Waals surface area contributed by atoms with Crippen LogP contribution < -0.4 is 0 Å². The Hall–Kier alpha value is -0.790. The van der Waals surface area contributed by atoms with Crippen molar-refractivity contribution >= 4 is 5.78 Å². The molecular formula is C20H28O6. The highest BCUT2D eigenvalue weighted by Gasteiger charge is 2.86. The fourth-order valence-electron chi connectivity index (χ4n) is 7.90. The number of carbonyl (C=O) groups is 1. The standard InChI is InChI=1S/C20H28O6/c1-9-10-4-5-11-18-8-26-20(25,19(11,14(9)22)15(10)23)16(24)13(18)17(2,3)7-6-12(18)21/h10-13,15-16,21,23-25H,1,4-8H2,2-3H3/t10-,11-,12+,13+,15+,16+,18?,19?,20+/m0/s1. The van der Waals surface area contributed by atoms with Crippen molar-refractivity contribution in [1.82, 2.24) is 0 Å². The molecule has 0 aromatic carbocycles. The molecule has 2 aliphatic heterocycles. The van der Waals surface area contributed by atoms with Gasteiger partial charge in [-0.05, 0) is 42.6 Å². The van der Waals surface area contributed by atoms with Crippen LogP contribution in [-0.2, 0) is 9.53 Å². The van der Waals surface area contributed by atoms with Gasteiger partial charge in [-0.25, -0.2) is 0 Å². The first-order valence-electron chi connectivity index (χ1n) is 9.71. The van der Waals surface area contributed by atoms with E-state index < -0.39 is 58.5 Å². The number of carbonyl (C=O) groups excluding carboxylic acids is 1. The molecule has 0 amide bonds. The summed E-state index contributed by atoms with van der Waals surface area (Å²) in [7, 11) is 0. The van der Waals surface area contributed by atoms with Crippen molar-refractivity contribution in [2.75, 3.05) is 6.61 Å². The zero-order valence-electron chi connectivity index (χ0n) is 15.3. The maximum absolute atomic E-state index is 13.3. The molecular weight excluding hydrogens is 336 g/mol. The SMILES string of the molecule is C=C1C(=O)C23[C@H](O)[C@H]1CC[C@H]2C12CO[C@]3(O)[C@H](O)[C@@H]1C(C)(C)CC[C@H]2O. The van der Waals surface area contributed by atoms with E-state index in [9.17, 15) is 25.2 Å². The van der Waals surface area contributed by atoms with Gasteiger partial charge in [0, 0.05) is 17.3 Å². The minimum Gasteiger partial charge on any atom is -0.392 e. The number of rotatable bonds is 0. The Morgan fingerprint density at radius 1 is 1.12 bits per heavy atom. The summed E-state index contributed by atoms with van der Waals surface area (Å²) in [6.07, 6.45) is -0.747. The largest absolute Gasteiger partial charge is 0.392 e. The van der Waals surface area contributed by atoms with Crippen LogP contribution in [0.4, 0.5) is 0 Å². The van der Waals surface area contributed by atoms with E-state index >= 15 is 0 Å². The van der Waals surface area contributed by atoms with Crippen LogP contribution in [0.15, 0.2) is 12.2 Å². The molecule has 2 heterocycles. The number of hydrogen-bond acceptors (Lipinski definition) is 6. The van der Waals surface area contributed by atoms with Gasteiger partial charge < -0.3 is 25.2 Å². The van der Waals surface area contributed by atoms with E-state index in [0.717, 1.165) is 6.42 Å². The van der Waals surface area contributed by atoms with Crippen LogP contribution in [0.2, 0.25) is 0 Å². The lowest BCUT2D eigenvalue weighted by molar-refractivity contribution is -0.458. The van der Waals surface area contributed by atoms with Crippen molar-refractivity contribution in [3.63, 3.8) is 0 Å². The first-order chi connectivity index (χ1) is 12.1. The van der Waals surface area contributed by atoms with Crippen molar-refractivity contribution in [2.24, 2.45) is 34.0 Å². The van der Waals surface area contributed by atoms with Gasteiger partial charge >= 0.3 is 0 Å². The van der Waals surface area contributed by atoms with E-state index in [4.69, 9.17) is 4.74 Å². The molecule has 2 unspecified atom stereocenters. The lowest BCUT2D eigenvalue weighted by atomic mass is 9.35. The molecule has 6 fully saturated rings. The number of fused-ring (bicyclic) bond motifs is 2. The molecule has 4 bridgehead atoms. The highest BCUT2D eigenvalue weighted by molar-refractivity contribution is 6.05. The normalized spacial score (nSPS) is 59.9. The highest BCUT2D eigenvalue weighted by atomic mass is 16.6. The second-order valence-electron chi connectivity index (χ2n) is 9.97. The molecule has 4 aliphatic carbocycles. The average Bonchev–Trinajstić information content (AvgIpc) is 2.69. The molecule has 144 valence electrons. The molecule has 2 spiro atoms. The molecule has 4 N–H and O–H groups in total. The third-order valence-electron chi connectivity index (χ3n) is 8.88. The zero-order valence-corrected chi connectivity index (χ0v) is 15.3. The Balaban J connectivity index is 1.81. The van der Waals surface area contributed by atoms with Crippen LogP contribution in [0.5, 0.6) is 0 Å². The van der Waals surface area contributed by atoms with Gasteiger partial charge in [0.15, 0.2) is 5.78 Å². The van der Waals surface area contributed by atoms with Gasteiger partial charge in [-0.2, -0.15) is 0 Å². The summed E-state index contributed by atoms with van der Waals surface area (Å²) in [4.78, 5) is 13.3. The summed E-state index contributed by atoms with van der Waals surface area (Å²) in [5, 5.41) is 45.1. The van der Waals surface area contributed by atoms with Gasteiger partial charge in [-0.1, -0.05) is 20.4 Å². The number of hydrogen-bond donors (Lipinski definition) is 4. The van der Waals surface area contributed by atoms with E-state index in [1.54, 1.807) is 0 Å². The van der Waals surface area contributed by atoms with E-state index in [-0.39, 0.29) is 12.0 Å². The smallest absolute Gasteiger partial charge is 0.208 e. The van der Waals surface area contributed by atoms with Crippen molar-refractivity contribution in [2.45, 2.75) is 63.6 Å². The first kappa shape index (κ1) is 17.3. The third kappa shape index (κ3) is 1.41. The van der Waals surface area contributed by atoms with E-state index in [1.165, 1.54) is 0 Å². The quantitative estimate of drug-likeness (QED) is 0.463. The summed E-state index contributed by atoms with van der Waals surface area (Å²) in [5.74, 6) is -3.80. The van der Waals surface area contributed by atoms with Crippen LogP contribution in [0.25, 0.3) is 0 Å². The molecule has 6 heteroatoms. The Morgan fingerprint density at radius 3 is 2.50 bits per heavy atom. The molecule has 0 radical (unpaired) electrons. The molecule has 2 saturated heterocycles. The molecule has 26 heavy (non-hydrogen) atoms. The Kier molecular flexibility index (Phi) is 3.07. The minimum absolute atomic E-state index is 0.0966. The van der Waals surface area contributed by atoms with Gasteiger partial charge in [0.25, 0.3) is 0 Å². The van der Waals surface area contributed by atoms with Crippen molar-refractivity contribution in [3.8, 4) is 0 Å². The predicted octanol–water partition coefficient (Wildman–Crippen LogP) is 0.376. The lowest BCUT2D eigenvalue weighted by Gasteiger charge is -2.74. The Labute approximate surface area is 152 Å². The molecule has 4 saturated carbocycles. The summed E-state index contributed by atoms with van der Waals surface area (Å²) < 4.78 is 5.80. The summed E-state index contributed by atoms with van der Waals surface area (Å²) in [5.41, 5.74) is -2.49. The third-order valence-corrected chi connectivity index (χ3v) is 8.88. The molecule has 0 aromatic rings. The number of ether oxygens (including phenoxy) is 1. The molecule has 6 aliphatic rings. The van der Waals surface area contributed by atoms with Crippen LogP contribution in [0.1, 0.15) is 39.5 Å². The van der Waals surface area contributed by atoms with Gasteiger partial charge in [0.1, 0.15) is 11.5 Å². The van der Waals surface area contributed by atoms with E-state index in [2.05, 4.69) is 6.58 Å². The van der Waals surface area contributed by atoms with Crippen LogP contribution in [0.3, 0.4) is 0 Å². The summed E-state index contributed by atoms with van der Waals surface area (Å²) >= 11 is 0. The molecule has 6 nitrogen and oxygen atoms in total. The lowest BCUT2D eigenvalue weighted by Crippen LogP contribution is -2.85. The number of Topliss-reactive ketones (excluding diaryl/α,β-unsaturated/α-hetero) is 1. The van der Waals surface area contributed by atoms with E-state index in [1.807, 2.05) is 13.8 Å². The van der Waals surface area contributed by atoms with Crippen LogP contribution in [0, 0.1) is 34.0 Å². The number of aliphatic hydroxyl groups is 4. The van der Waals surface area contributed by atoms with Crippen molar-refractivity contribution < 1.29 is 30.0 Å². The second-order valence-corrected chi connectivity index (χ2v) is 9.97. The van der Waals surface area contributed by atoms with Gasteiger partial charge in [0.2, 0.25) is 5.79 Å². The van der Waals surface area contributed by atoms with Crippen LogP contribution in [-0.4, -0.2) is 56.9 Å². The number of ketones is 1. The minimum atomic E-state index is -2.15. The average molecular weight is 364 g/mol.